The lowest BCUT2D eigenvalue weighted by Crippen LogP contribution is -2.05. The summed E-state index contributed by atoms with van der Waals surface area (Å²) in [5.74, 6) is 0.0332. The second kappa shape index (κ2) is 22.4. The molecule has 0 aliphatic rings. The van der Waals surface area contributed by atoms with Gasteiger partial charge in [0.15, 0.2) is 0 Å². The Bertz CT molecular complexity index is 467. The van der Waals surface area contributed by atoms with E-state index in [1.165, 1.54) is 77.0 Å². The predicted molar refractivity (Wildman–Crippen MR) is 135 cm³/mol. The maximum atomic E-state index is 11.8. The molecule has 0 aliphatic carbocycles. The molecule has 0 saturated carbocycles. The van der Waals surface area contributed by atoms with Crippen molar-refractivity contribution in [3.05, 3.63) is 0 Å². The van der Waals surface area contributed by atoms with E-state index >= 15 is 0 Å². The van der Waals surface area contributed by atoms with Gasteiger partial charge in [-0.15, -0.1) is 0 Å². The van der Waals surface area contributed by atoms with Crippen molar-refractivity contribution < 1.29 is 23.3 Å². The monoisotopic (exact) mass is 476 g/mol. The van der Waals surface area contributed by atoms with Gasteiger partial charge in [0.2, 0.25) is 0 Å². The zero-order valence-corrected chi connectivity index (χ0v) is 22.3. The second-order valence-corrected chi connectivity index (χ2v) is 11.1. The van der Waals surface area contributed by atoms with Gasteiger partial charge in [-0.25, -0.2) is 4.57 Å². The van der Waals surface area contributed by atoms with Gasteiger partial charge in [-0.05, 0) is 18.8 Å². The zero-order chi connectivity index (χ0) is 23.9. The summed E-state index contributed by atoms with van der Waals surface area (Å²) in [4.78, 5) is 21.4. The lowest BCUT2D eigenvalue weighted by atomic mass is 10.0. The fourth-order valence-corrected chi connectivity index (χ4v) is 4.61. The van der Waals surface area contributed by atoms with Crippen LogP contribution >= 0.6 is 7.82 Å². The van der Waals surface area contributed by atoms with Crippen molar-refractivity contribution in [3.63, 3.8) is 0 Å². The lowest BCUT2D eigenvalue weighted by Gasteiger charge is -2.12. The molecule has 0 aromatic carbocycles. The third-order valence-electron chi connectivity index (χ3n) is 5.88. The number of carbonyl (C=O) groups is 1. The van der Waals surface area contributed by atoms with Crippen LogP contribution in [0.5, 0.6) is 0 Å². The Balaban J connectivity index is 3.43. The third kappa shape index (κ3) is 24.3. The van der Waals surface area contributed by atoms with E-state index in [-0.39, 0.29) is 13.0 Å². The minimum absolute atomic E-state index is 0.151. The average molecular weight is 477 g/mol. The molecule has 0 amide bonds. The molecule has 0 radical (unpaired) electrons. The Hall–Kier alpha value is -0.380. The van der Waals surface area contributed by atoms with Gasteiger partial charge in [-0.2, -0.15) is 0 Å². The number of hydrogen-bond donors (Lipinski definition) is 1. The summed E-state index contributed by atoms with van der Waals surface area (Å²) in [7, 11) is -4.26. The van der Waals surface area contributed by atoms with Crippen LogP contribution in [-0.4, -0.2) is 17.5 Å². The first-order valence-corrected chi connectivity index (χ1v) is 15.1. The summed E-state index contributed by atoms with van der Waals surface area (Å²) in [6, 6.07) is 0. The minimum Gasteiger partial charge on any atom is -0.371 e. The van der Waals surface area contributed by atoms with E-state index in [9.17, 15) is 14.3 Å². The Morgan fingerprint density at radius 2 is 1.16 bits per heavy atom. The molecule has 0 heterocycles. The molecular formula is C26H53O5P. The van der Waals surface area contributed by atoms with Crippen LogP contribution in [0.15, 0.2) is 0 Å². The molecule has 0 bridgehead atoms. The number of rotatable bonds is 24. The van der Waals surface area contributed by atoms with Crippen LogP contribution < -0.4 is 0 Å². The number of phosphoric acid groups is 1. The molecule has 0 fully saturated rings. The molecule has 0 aliphatic heterocycles. The van der Waals surface area contributed by atoms with Gasteiger partial charge in [-0.1, -0.05) is 130 Å². The summed E-state index contributed by atoms with van der Waals surface area (Å²) in [5.41, 5.74) is 0. The summed E-state index contributed by atoms with van der Waals surface area (Å²) >= 11 is 0. The van der Waals surface area contributed by atoms with Gasteiger partial charge < -0.3 is 4.52 Å². The van der Waals surface area contributed by atoms with Crippen LogP contribution in [0.4, 0.5) is 0 Å². The van der Waals surface area contributed by atoms with Crippen LogP contribution in [0, 0.1) is 5.92 Å². The largest absolute Gasteiger partial charge is 0.529 e. The molecule has 0 spiro atoms. The topological polar surface area (TPSA) is 72.8 Å². The molecule has 1 atom stereocenters. The standard InChI is InChI=1S/C26H53O5P/c1-4-5-6-7-8-9-10-11-12-13-14-15-16-17-20-23-26(27)31-32(28,29)30-24-21-18-19-22-25(2)3/h25H,4-24H2,1-3H3,(H,28,29). The molecule has 0 saturated heterocycles. The normalized spacial score (nSPS) is 13.4. The van der Waals surface area contributed by atoms with E-state index in [0.717, 1.165) is 32.1 Å². The van der Waals surface area contributed by atoms with Gasteiger partial charge in [0.05, 0.1) is 6.61 Å². The smallest absolute Gasteiger partial charge is 0.371 e. The van der Waals surface area contributed by atoms with Crippen LogP contribution in [0.25, 0.3) is 0 Å². The zero-order valence-electron chi connectivity index (χ0n) is 21.5. The highest BCUT2D eigenvalue weighted by Crippen LogP contribution is 2.43. The Labute approximate surface area is 199 Å². The fraction of sp³-hybridized carbons (Fsp3) is 0.962. The molecule has 6 heteroatoms. The van der Waals surface area contributed by atoms with Crippen molar-refractivity contribution >= 4 is 13.8 Å². The van der Waals surface area contributed by atoms with Crippen LogP contribution in [0.1, 0.15) is 149 Å². The Morgan fingerprint density at radius 3 is 1.62 bits per heavy atom. The summed E-state index contributed by atoms with van der Waals surface area (Å²) in [5, 5.41) is 0. The van der Waals surface area contributed by atoms with Crippen molar-refractivity contribution in [2.45, 2.75) is 149 Å². The highest BCUT2D eigenvalue weighted by molar-refractivity contribution is 7.48. The van der Waals surface area contributed by atoms with E-state index in [1.807, 2.05) is 0 Å². The van der Waals surface area contributed by atoms with Crippen molar-refractivity contribution in [2.75, 3.05) is 6.61 Å². The molecule has 1 unspecified atom stereocenters. The van der Waals surface area contributed by atoms with E-state index in [4.69, 9.17) is 4.52 Å². The van der Waals surface area contributed by atoms with Gasteiger partial charge in [0.25, 0.3) is 0 Å². The van der Waals surface area contributed by atoms with Gasteiger partial charge in [-0.3, -0.25) is 14.2 Å². The minimum atomic E-state index is -4.26. The third-order valence-corrected chi connectivity index (χ3v) is 6.83. The molecule has 5 nitrogen and oxygen atoms in total. The van der Waals surface area contributed by atoms with Crippen LogP contribution in [0.2, 0.25) is 0 Å². The number of unbranched alkanes of at least 4 members (excludes halogenated alkanes) is 16. The predicted octanol–water partition coefficient (Wildman–Crippen LogP) is 9.12. The second-order valence-electron chi connectivity index (χ2n) is 9.71. The first kappa shape index (κ1) is 31.6. The Morgan fingerprint density at radius 1 is 0.719 bits per heavy atom. The Kier molecular flexibility index (Phi) is 22.1. The van der Waals surface area contributed by atoms with Crippen LogP contribution in [0.3, 0.4) is 0 Å². The molecule has 32 heavy (non-hydrogen) atoms. The van der Waals surface area contributed by atoms with Gasteiger partial charge in [0.1, 0.15) is 0 Å². The highest BCUT2D eigenvalue weighted by atomic mass is 31.2. The number of carbonyl (C=O) groups excluding carboxylic acids is 1. The number of hydrogen-bond acceptors (Lipinski definition) is 4. The molecule has 192 valence electrons. The molecule has 0 rings (SSSR count). The van der Waals surface area contributed by atoms with Gasteiger partial charge >= 0.3 is 13.8 Å². The quantitative estimate of drug-likeness (QED) is 0.111. The highest BCUT2D eigenvalue weighted by Gasteiger charge is 2.25. The van der Waals surface area contributed by atoms with E-state index in [2.05, 4.69) is 25.3 Å². The van der Waals surface area contributed by atoms with Gasteiger partial charge in [0, 0.05) is 6.42 Å². The molecular weight excluding hydrogens is 423 g/mol. The van der Waals surface area contributed by atoms with Crippen LogP contribution in [-0.2, 0) is 18.4 Å². The number of phosphoric ester groups is 1. The van der Waals surface area contributed by atoms with E-state index in [0.29, 0.717) is 18.8 Å². The molecule has 0 aromatic rings. The molecule has 0 aromatic heterocycles. The summed E-state index contributed by atoms with van der Waals surface area (Å²) < 4.78 is 21.4. The first-order valence-electron chi connectivity index (χ1n) is 13.6. The summed E-state index contributed by atoms with van der Waals surface area (Å²) in [6.45, 7) is 6.77. The van der Waals surface area contributed by atoms with Crippen molar-refractivity contribution in [1.82, 2.24) is 0 Å². The lowest BCUT2D eigenvalue weighted by molar-refractivity contribution is -0.136. The van der Waals surface area contributed by atoms with Crippen molar-refractivity contribution in [3.8, 4) is 0 Å². The van der Waals surface area contributed by atoms with Crippen molar-refractivity contribution in [1.29, 1.82) is 0 Å². The first-order chi connectivity index (χ1) is 15.4. The average Bonchev–Trinajstić information content (AvgIpc) is 2.72. The van der Waals surface area contributed by atoms with E-state index < -0.39 is 13.8 Å². The van der Waals surface area contributed by atoms with E-state index in [1.54, 1.807) is 0 Å². The fourth-order valence-electron chi connectivity index (χ4n) is 3.85. The molecule has 1 N–H and O–H groups in total. The summed E-state index contributed by atoms with van der Waals surface area (Å²) in [6.07, 6.45) is 23.0. The SMILES string of the molecule is CCCCCCCCCCCCCCCCCC(=O)OP(=O)(O)OCCCCCC(C)C. The maximum absolute atomic E-state index is 11.8. The maximum Gasteiger partial charge on any atom is 0.529 e. The van der Waals surface area contributed by atoms with Crippen molar-refractivity contribution in [2.24, 2.45) is 5.92 Å².